The summed E-state index contributed by atoms with van der Waals surface area (Å²) in [5, 5.41) is 3.52. The molecule has 0 atom stereocenters. The van der Waals surface area contributed by atoms with Crippen molar-refractivity contribution in [3.8, 4) is 11.6 Å². The second-order valence-corrected chi connectivity index (χ2v) is 6.58. The predicted octanol–water partition coefficient (Wildman–Crippen LogP) is 4.46. The molecule has 0 unspecified atom stereocenters. The lowest BCUT2D eigenvalue weighted by Gasteiger charge is -2.20. The van der Waals surface area contributed by atoms with E-state index in [1.54, 1.807) is 18.6 Å². The van der Waals surface area contributed by atoms with Crippen LogP contribution in [0.3, 0.4) is 0 Å². The molecular formula is C21H22N4O. The lowest BCUT2D eigenvalue weighted by Crippen LogP contribution is -2.12. The highest BCUT2D eigenvalue weighted by molar-refractivity contribution is 5.50. The van der Waals surface area contributed by atoms with Crippen molar-refractivity contribution in [3.05, 3.63) is 71.4 Å². The molecule has 2 heterocycles. The number of benzene rings is 1. The molecule has 0 spiro atoms. The quantitative estimate of drug-likeness (QED) is 0.739. The normalized spacial score (nSPS) is 13.1. The first-order chi connectivity index (χ1) is 12.8. The highest BCUT2D eigenvalue weighted by Gasteiger charge is 2.15. The van der Waals surface area contributed by atoms with E-state index in [4.69, 9.17) is 9.72 Å². The van der Waals surface area contributed by atoms with Crippen LogP contribution in [-0.2, 0) is 19.4 Å². The number of pyridine rings is 1. The lowest BCUT2D eigenvalue weighted by atomic mass is 9.91. The van der Waals surface area contributed by atoms with Crippen LogP contribution in [0.4, 0.5) is 5.69 Å². The number of ether oxygens (including phenoxy) is 1. The molecule has 0 fully saturated rings. The molecule has 0 radical (unpaired) electrons. The van der Waals surface area contributed by atoms with Gasteiger partial charge in [-0.3, -0.25) is 9.97 Å². The van der Waals surface area contributed by atoms with Crippen LogP contribution in [0.25, 0.3) is 0 Å². The van der Waals surface area contributed by atoms with Crippen molar-refractivity contribution in [1.29, 1.82) is 0 Å². The van der Waals surface area contributed by atoms with E-state index in [0.29, 0.717) is 5.88 Å². The standard InChI is InChI=1S/C21H22N4O/c1-15-11-16(19-7-2-3-8-20(19)25-15)13-24-17-5-4-6-18(12-17)26-21-14-22-9-10-23-21/h4-6,9-12,14,24H,2-3,7-8,13H2,1H3. The summed E-state index contributed by atoms with van der Waals surface area (Å²) in [4.78, 5) is 12.9. The molecule has 26 heavy (non-hydrogen) atoms. The summed E-state index contributed by atoms with van der Waals surface area (Å²) in [6.45, 7) is 2.87. The minimum absolute atomic E-state index is 0.489. The minimum Gasteiger partial charge on any atom is -0.437 e. The molecule has 0 amide bonds. The van der Waals surface area contributed by atoms with Crippen LogP contribution >= 0.6 is 0 Å². The van der Waals surface area contributed by atoms with E-state index in [-0.39, 0.29) is 0 Å². The third-order valence-corrected chi connectivity index (χ3v) is 4.60. The van der Waals surface area contributed by atoms with Gasteiger partial charge in [-0.25, -0.2) is 4.98 Å². The summed E-state index contributed by atoms with van der Waals surface area (Å²) in [6, 6.07) is 10.1. The van der Waals surface area contributed by atoms with Gasteiger partial charge in [-0.05, 0) is 61.9 Å². The van der Waals surface area contributed by atoms with Gasteiger partial charge in [0, 0.05) is 42.1 Å². The molecule has 0 saturated carbocycles. The topological polar surface area (TPSA) is 59.9 Å². The molecule has 0 bridgehead atoms. The third kappa shape index (κ3) is 3.82. The second kappa shape index (κ2) is 7.52. The number of aryl methyl sites for hydroxylation is 2. The fourth-order valence-corrected chi connectivity index (χ4v) is 3.43. The molecule has 0 aliphatic heterocycles. The minimum atomic E-state index is 0.489. The van der Waals surface area contributed by atoms with Gasteiger partial charge >= 0.3 is 0 Å². The Bertz CT molecular complexity index is 896. The fraction of sp³-hybridized carbons (Fsp3) is 0.286. The van der Waals surface area contributed by atoms with E-state index in [1.807, 2.05) is 24.3 Å². The van der Waals surface area contributed by atoms with Gasteiger partial charge in [0.05, 0.1) is 6.20 Å². The highest BCUT2D eigenvalue weighted by atomic mass is 16.5. The van der Waals surface area contributed by atoms with Crippen LogP contribution in [0.5, 0.6) is 11.6 Å². The van der Waals surface area contributed by atoms with Crippen molar-refractivity contribution in [2.24, 2.45) is 0 Å². The van der Waals surface area contributed by atoms with E-state index in [9.17, 15) is 0 Å². The van der Waals surface area contributed by atoms with E-state index < -0.39 is 0 Å². The number of nitrogens with one attached hydrogen (secondary N) is 1. The van der Waals surface area contributed by atoms with Crippen molar-refractivity contribution >= 4 is 5.69 Å². The van der Waals surface area contributed by atoms with Crippen LogP contribution in [0.2, 0.25) is 0 Å². The number of rotatable bonds is 5. The zero-order valence-corrected chi connectivity index (χ0v) is 14.9. The molecule has 0 saturated heterocycles. The Labute approximate surface area is 153 Å². The van der Waals surface area contributed by atoms with Crippen molar-refractivity contribution < 1.29 is 4.74 Å². The summed E-state index contributed by atoms with van der Waals surface area (Å²) in [7, 11) is 0. The predicted molar refractivity (Wildman–Crippen MR) is 101 cm³/mol. The third-order valence-electron chi connectivity index (χ3n) is 4.60. The van der Waals surface area contributed by atoms with Gasteiger partial charge in [0.25, 0.3) is 0 Å². The van der Waals surface area contributed by atoms with Crippen molar-refractivity contribution in [2.45, 2.75) is 39.2 Å². The van der Waals surface area contributed by atoms with Gasteiger partial charge in [-0.1, -0.05) is 6.07 Å². The van der Waals surface area contributed by atoms with Gasteiger partial charge in [-0.15, -0.1) is 0 Å². The largest absolute Gasteiger partial charge is 0.437 e. The Morgan fingerprint density at radius 3 is 2.92 bits per heavy atom. The average molecular weight is 346 g/mol. The summed E-state index contributed by atoms with van der Waals surface area (Å²) in [6.07, 6.45) is 9.59. The number of fused-ring (bicyclic) bond motifs is 1. The van der Waals surface area contributed by atoms with Crippen LogP contribution in [0.15, 0.2) is 48.9 Å². The molecule has 5 heteroatoms. The Balaban J connectivity index is 1.49. The number of hydrogen-bond donors (Lipinski definition) is 1. The van der Waals surface area contributed by atoms with Gasteiger partial charge in [0.2, 0.25) is 5.88 Å². The summed E-state index contributed by atoms with van der Waals surface area (Å²) in [5.74, 6) is 1.23. The Kier molecular flexibility index (Phi) is 4.78. The van der Waals surface area contributed by atoms with Crippen LogP contribution in [-0.4, -0.2) is 15.0 Å². The molecule has 5 nitrogen and oxygen atoms in total. The van der Waals surface area contributed by atoms with Crippen molar-refractivity contribution in [2.75, 3.05) is 5.32 Å². The summed E-state index contributed by atoms with van der Waals surface area (Å²) in [5.41, 5.74) is 6.19. The Morgan fingerprint density at radius 1 is 1.12 bits per heavy atom. The van der Waals surface area contributed by atoms with E-state index >= 15 is 0 Å². The molecule has 132 valence electrons. The summed E-state index contributed by atoms with van der Waals surface area (Å²) >= 11 is 0. The second-order valence-electron chi connectivity index (χ2n) is 6.58. The smallest absolute Gasteiger partial charge is 0.237 e. The Morgan fingerprint density at radius 2 is 2.04 bits per heavy atom. The van der Waals surface area contributed by atoms with Crippen LogP contribution in [0.1, 0.15) is 35.4 Å². The van der Waals surface area contributed by atoms with Gasteiger partial charge in [-0.2, -0.15) is 0 Å². The maximum absolute atomic E-state index is 5.76. The molecular weight excluding hydrogens is 324 g/mol. The monoisotopic (exact) mass is 346 g/mol. The molecule has 1 N–H and O–H groups in total. The number of hydrogen-bond acceptors (Lipinski definition) is 5. The maximum Gasteiger partial charge on any atom is 0.237 e. The zero-order valence-electron chi connectivity index (χ0n) is 14.9. The van der Waals surface area contributed by atoms with E-state index in [0.717, 1.165) is 36.5 Å². The van der Waals surface area contributed by atoms with Crippen molar-refractivity contribution in [1.82, 2.24) is 15.0 Å². The number of anilines is 1. The lowest BCUT2D eigenvalue weighted by molar-refractivity contribution is 0.460. The maximum atomic E-state index is 5.76. The van der Waals surface area contributed by atoms with Gasteiger partial charge < -0.3 is 10.1 Å². The van der Waals surface area contributed by atoms with E-state index in [2.05, 4.69) is 28.3 Å². The molecule has 3 aromatic rings. The SMILES string of the molecule is Cc1cc(CNc2cccc(Oc3cnccn3)c2)c2c(n1)CCCC2. The van der Waals surface area contributed by atoms with Crippen molar-refractivity contribution in [3.63, 3.8) is 0 Å². The molecule has 1 aliphatic carbocycles. The molecule has 2 aromatic heterocycles. The molecule has 1 aliphatic rings. The van der Waals surface area contributed by atoms with Gasteiger partial charge in [0.15, 0.2) is 0 Å². The first-order valence-electron chi connectivity index (χ1n) is 9.04. The first-order valence-corrected chi connectivity index (χ1v) is 9.04. The zero-order chi connectivity index (χ0) is 17.8. The fourth-order valence-electron chi connectivity index (χ4n) is 3.43. The number of aromatic nitrogens is 3. The average Bonchev–Trinajstić information content (AvgIpc) is 2.67. The number of nitrogens with zero attached hydrogens (tertiary/aromatic N) is 3. The van der Waals surface area contributed by atoms with Crippen LogP contribution < -0.4 is 10.1 Å². The van der Waals surface area contributed by atoms with Crippen LogP contribution in [0, 0.1) is 6.92 Å². The highest BCUT2D eigenvalue weighted by Crippen LogP contribution is 2.26. The van der Waals surface area contributed by atoms with Gasteiger partial charge in [0.1, 0.15) is 5.75 Å². The molecule has 4 rings (SSSR count). The Hall–Kier alpha value is -2.95. The van der Waals surface area contributed by atoms with E-state index in [1.165, 1.54) is 29.7 Å². The summed E-state index contributed by atoms with van der Waals surface area (Å²) < 4.78 is 5.76. The first kappa shape index (κ1) is 16.5. The molecule has 1 aromatic carbocycles.